The molecule has 0 amide bonds. The molecule has 1 aromatic heterocycles. The molecule has 0 saturated heterocycles. The first-order valence-corrected chi connectivity index (χ1v) is 7.68. The number of nitriles is 1. The van der Waals surface area contributed by atoms with Crippen LogP contribution in [0.15, 0.2) is 53.5 Å². The predicted molar refractivity (Wildman–Crippen MR) is 93.3 cm³/mol. The van der Waals surface area contributed by atoms with Crippen LogP contribution in [0.2, 0.25) is 0 Å². The lowest BCUT2D eigenvalue weighted by Crippen LogP contribution is -2.12. The Kier molecular flexibility index (Phi) is 3.99. The van der Waals surface area contributed by atoms with E-state index in [1.807, 2.05) is 67.1 Å². The Morgan fingerprint density at radius 1 is 1.04 bits per heavy atom. The van der Waals surface area contributed by atoms with Crippen molar-refractivity contribution < 1.29 is 0 Å². The quantitative estimate of drug-likeness (QED) is 0.728. The lowest BCUT2D eigenvalue weighted by Gasteiger charge is -2.13. The van der Waals surface area contributed by atoms with E-state index in [4.69, 9.17) is 5.26 Å². The van der Waals surface area contributed by atoms with Crippen LogP contribution in [0.4, 0.5) is 0 Å². The minimum atomic E-state index is 0.0389. The summed E-state index contributed by atoms with van der Waals surface area (Å²) in [5.41, 5.74) is 4.78. The summed E-state index contributed by atoms with van der Waals surface area (Å²) in [6.45, 7) is 4.61. The molecule has 0 aliphatic heterocycles. The molecule has 23 heavy (non-hydrogen) atoms. The average molecular weight is 302 g/mol. The highest BCUT2D eigenvalue weighted by atomic mass is 16.1. The van der Waals surface area contributed by atoms with Crippen LogP contribution < -0.4 is 5.43 Å². The Morgan fingerprint density at radius 3 is 2.43 bits per heavy atom. The van der Waals surface area contributed by atoms with Gasteiger partial charge in [0.1, 0.15) is 0 Å². The Hall–Kier alpha value is -2.86. The van der Waals surface area contributed by atoms with E-state index in [0.29, 0.717) is 23.9 Å². The third-order valence-corrected chi connectivity index (χ3v) is 4.06. The number of fused-ring (bicyclic) bond motifs is 1. The smallest absolute Gasteiger partial charge is 0.197 e. The molecule has 2 aromatic carbocycles. The fourth-order valence-corrected chi connectivity index (χ4v) is 2.79. The molecule has 0 bridgehead atoms. The van der Waals surface area contributed by atoms with Crippen LogP contribution in [-0.4, -0.2) is 4.57 Å². The van der Waals surface area contributed by atoms with E-state index in [-0.39, 0.29) is 5.43 Å². The first kappa shape index (κ1) is 15.1. The summed E-state index contributed by atoms with van der Waals surface area (Å²) in [7, 11) is 0. The maximum atomic E-state index is 12.9. The lowest BCUT2D eigenvalue weighted by molar-refractivity contribution is 0.738. The van der Waals surface area contributed by atoms with Crippen molar-refractivity contribution in [3.8, 4) is 17.2 Å². The summed E-state index contributed by atoms with van der Waals surface area (Å²) in [6.07, 6.45) is 2.30. The van der Waals surface area contributed by atoms with E-state index in [0.717, 1.165) is 22.2 Å². The molecule has 0 spiro atoms. The van der Waals surface area contributed by atoms with Crippen molar-refractivity contribution in [2.45, 2.75) is 26.8 Å². The van der Waals surface area contributed by atoms with Gasteiger partial charge in [0.15, 0.2) is 5.43 Å². The highest BCUT2D eigenvalue weighted by Gasteiger charge is 2.11. The first-order chi connectivity index (χ1) is 11.1. The fourth-order valence-electron chi connectivity index (χ4n) is 2.79. The molecule has 3 aromatic rings. The van der Waals surface area contributed by atoms with Crippen LogP contribution in [0.25, 0.3) is 22.0 Å². The molecule has 0 aliphatic carbocycles. The van der Waals surface area contributed by atoms with Gasteiger partial charge in [-0.3, -0.25) is 4.79 Å². The molecule has 114 valence electrons. The molecule has 0 fully saturated rings. The van der Waals surface area contributed by atoms with Crippen molar-refractivity contribution in [1.29, 1.82) is 5.26 Å². The summed E-state index contributed by atoms with van der Waals surface area (Å²) >= 11 is 0. The Bertz CT molecular complexity index is 960. The summed E-state index contributed by atoms with van der Waals surface area (Å²) < 4.78 is 2.02. The molecule has 0 aliphatic rings. The zero-order chi connectivity index (χ0) is 16.4. The van der Waals surface area contributed by atoms with Gasteiger partial charge < -0.3 is 4.57 Å². The predicted octanol–water partition coefficient (Wildman–Crippen LogP) is 4.20. The standard InChI is InChI=1S/C20H18N2O/c1-14-4-7-16(8-5-14)18-13-22(11-3-10-21)19-12-15(2)6-9-17(19)20(18)23/h4-9,12-13H,3,11H2,1-2H3. The summed E-state index contributed by atoms with van der Waals surface area (Å²) in [5.74, 6) is 0. The fraction of sp³-hybridized carbons (Fsp3) is 0.200. The van der Waals surface area contributed by atoms with Crippen LogP contribution in [-0.2, 0) is 6.54 Å². The highest BCUT2D eigenvalue weighted by Crippen LogP contribution is 2.21. The van der Waals surface area contributed by atoms with Gasteiger partial charge in [-0.15, -0.1) is 0 Å². The minimum Gasteiger partial charge on any atom is -0.346 e. The minimum absolute atomic E-state index is 0.0389. The number of hydrogen-bond acceptors (Lipinski definition) is 2. The molecule has 1 heterocycles. The van der Waals surface area contributed by atoms with Gasteiger partial charge in [0, 0.05) is 23.7 Å². The number of rotatable bonds is 3. The van der Waals surface area contributed by atoms with Crippen molar-refractivity contribution in [3.63, 3.8) is 0 Å². The van der Waals surface area contributed by atoms with Gasteiger partial charge in [0.2, 0.25) is 0 Å². The second kappa shape index (κ2) is 6.10. The number of aromatic nitrogens is 1. The van der Waals surface area contributed by atoms with E-state index < -0.39 is 0 Å². The number of benzene rings is 2. The molecule has 0 atom stereocenters. The Balaban J connectivity index is 2.29. The van der Waals surface area contributed by atoms with Gasteiger partial charge >= 0.3 is 0 Å². The summed E-state index contributed by atoms with van der Waals surface area (Å²) in [6, 6.07) is 16.0. The number of nitrogens with zero attached hydrogens (tertiary/aromatic N) is 2. The van der Waals surface area contributed by atoms with Gasteiger partial charge in [-0.2, -0.15) is 5.26 Å². The third-order valence-electron chi connectivity index (χ3n) is 4.06. The van der Waals surface area contributed by atoms with Crippen LogP contribution in [0.3, 0.4) is 0 Å². The van der Waals surface area contributed by atoms with Gasteiger partial charge in [0.25, 0.3) is 0 Å². The van der Waals surface area contributed by atoms with E-state index in [1.54, 1.807) is 0 Å². The molecular weight excluding hydrogens is 284 g/mol. The number of aryl methyl sites for hydroxylation is 3. The monoisotopic (exact) mass is 302 g/mol. The molecule has 0 N–H and O–H groups in total. The van der Waals surface area contributed by atoms with E-state index in [9.17, 15) is 4.79 Å². The van der Waals surface area contributed by atoms with Crippen molar-refractivity contribution in [2.75, 3.05) is 0 Å². The van der Waals surface area contributed by atoms with Crippen molar-refractivity contribution in [3.05, 3.63) is 70.0 Å². The van der Waals surface area contributed by atoms with Gasteiger partial charge in [0.05, 0.1) is 18.0 Å². The van der Waals surface area contributed by atoms with Crippen molar-refractivity contribution in [1.82, 2.24) is 4.57 Å². The number of pyridine rings is 1. The average Bonchev–Trinajstić information content (AvgIpc) is 2.55. The van der Waals surface area contributed by atoms with E-state index in [2.05, 4.69) is 6.07 Å². The molecular formula is C20H18N2O. The van der Waals surface area contributed by atoms with Crippen LogP contribution in [0, 0.1) is 25.2 Å². The van der Waals surface area contributed by atoms with Crippen molar-refractivity contribution in [2.24, 2.45) is 0 Å². The third kappa shape index (κ3) is 2.89. The maximum absolute atomic E-state index is 12.9. The van der Waals surface area contributed by atoms with Gasteiger partial charge in [-0.05, 0) is 37.1 Å². The molecule has 3 rings (SSSR count). The normalized spacial score (nSPS) is 10.7. The first-order valence-electron chi connectivity index (χ1n) is 7.68. The molecule has 3 nitrogen and oxygen atoms in total. The molecule has 0 unspecified atom stereocenters. The zero-order valence-corrected chi connectivity index (χ0v) is 13.3. The Labute approximate surface area is 135 Å². The topological polar surface area (TPSA) is 45.8 Å². The van der Waals surface area contributed by atoms with Crippen molar-refractivity contribution >= 4 is 10.9 Å². The summed E-state index contributed by atoms with van der Waals surface area (Å²) in [4.78, 5) is 12.9. The zero-order valence-electron chi connectivity index (χ0n) is 13.3. The second-order valence-electron chi connectivity index (χ2n) is 5.86. The maximum Gasteiger partial charge on any atom is 0.197 e. The summed E-state index contributed by atoms with van der Waals surface area (Å²) in [5, 5.41) is 9.60. The van der Waals surface area contributed by atoms with Gasteiger partial charge in [-0.25, -0.2) is 0 Å². The van der Waals surface area contributed by atoms with Crippen LogP contribution >= 0.6 is 0 Å². The number of hydrogen-bond donors (Lipinski definition) is 0. The molecule has 3 heteroatoms. The Morgan fingerprint density at radius 2 is 1.74 bits per heavy atom. The van der Waals surface area contributed by atoms with E-state index in [1.165, 1.54) is 0 Å². The molecule has 0 radical (unpaired) electrons. The van der Waals surface area contributed by atoms with Crippen LogP contribution in [0.1, 0.15) is 17.5 Å². The molecule has 0 saturated carbocycles. The van der Waals surface area contributed by atoms with E-state index >= 15 is 0 Å². The second-order valence-corrected chi connectivity index (χ2v) is 5.86. The largest absolute Gasteiger partial charge is 0.346 e. The lowest BCUT2D eigenvalue weighted by atomic mass is 10.0. The SMILES string of the molecule is Cc1ccc(-c2cn(CCC#N)c3cc(C)ccc3c2=O)cc1. The van der Waals surface area contributed by atoms with Gasteiger partial charge in [-0.1, -0.05) is 35.9 Å². The highest BCUT2D eigenvalue weighted by molar-refractivity contribution is 5.84. The van der Waals surface area contributed by atoms with Crippen LogP contribution in [0.5, 0.6) is 0 Å².